The van der Waals surface area contributed by atoms with Gasteiger partial charge in [0.05, 0.1) is 0 Å². The normalized spacial score (nSPS) is 10.1. The van der Waals surface area contributed by atoms with Crippen molar-refractivity contribution in [2.24, 2.45) is 0 Å². The van der Waals surface area contributed by atoms with Crippen LogP contribution in [0.5, 0.6) is 0 Å². The molecule has 0 amide bonds. The average Bonchev–Trinajstić information content (AvgIpc) is 1.98. The fraction of sp³-hybridized carbons (Fsp3) is 0.400. The van der Waals surface area contributed by atoms with E-state index in [4.69, 9.17) is 0 Å². The fourth-order valence-corrected chi connectivity index (χ4v) is 0.655. The van der Waals surface area contributed by atoms with Crippen LogP contribution < -0.4 is 0 Å². The Morgan fingerprint density at radius 2 is 2.10 bits per heavy atom. The fourth-order valence-electron chi connectivity index (χ4n) is 0.655. The molecular formula is C10H16. The van der Waals surface area contributed by atoms with Crippen LogP contribution in [0.3, 0.4) is 0 Å². The van der Waals surface area contributed by atoms with Crippen molar-refractivity contribution in [2.45, 2.75) is 26.2 Å². The molecule has 0 fully saturated rings. The Labute approximate surface area is 64.0 Å². The SMILES string of the molecule is C=CC(=C)CCC=CCC. The van der Waals surface area contributed by atoms with Crippen molar-refractivity contribution >= 4 is 0 Å². The molecule has 0 N–H and O–H groups in total. The van der Waals surface area contributed by atoms with E-state index >= 15 is 0 Å². The molecule has 0 unspecified atom stereocenters. The molecule has 0 bridgehead atoms. The van der Waals surface area contributed by atoms with Crippen LogP contribution in [0.2, 0.25) is 0 Å². The van der Waals surface area contributed by atoms with E-state index < -0.39 is 0 Å². The van der Waals surface area contributed by atoms with Crippen LogP contribution in [0.1, 0.15) is 26.2 Å². The zero-order chi connectivity index (χ0) is 7.82. The van der Waals surface area contributed by atoms with Crippen molar-refractivity contribution in [3.63, 3.8) is 0 Å². The molecule has 0 radical (unpaired) electrons. The molecule has 0 aliphatic heterocycles. The van der Waals surface area contributed by atoms with Gasteiger partial charge in [-0.1, -0.05) is 43.9 Å². The van der Waals surface area contributed by atoms with Gasteiger partial charge in [-0.2, -0.15) is 0 Å². The highest BCUT2D eigenvalue weighted by molar-refractivity contribution is 5.11. The van der Waals surface area contributed by atoms with Crippen molar-refractivity contribution in [1.82, 2.24) is 0 Å². The molecule has 0 saturated heterocycles. The first kappa shape index (κ1) is 9.22. The Balaban J connectivity index is 3.27. The molecule has 0 aliphatic carbocycles. The third kappa shape index (κ3) is 5.36. The van der Waals surface area contributed by atoms with Gasteiger partial charge in [0.15, 0.2) is 0 Å². The topological polar surface area (TPSA) is 0 Å². The number of rotatable bonds is 5. The van der Waals surface area contributed by atoms with Gasteiger partial charge in [-0.15, -0.1) is 0 Å². The van der Waals surface area contributed by atoms with E-state index in [1.54, 1.807) is 0 Å². The second kappa shape index (κ2) is 6.34. The summed E-state index contributed by atoms with van der Waals surface area (Å²) < 4.78 is 0. The quantitative estimate of drug-likeness (QED) is 0.401. The van der Waals surface area contributed by atoms with E-state index in [0.29, 0.717) is 0 Å². The third-order valence-electron chi connectivity index (χ3n) is 1.32. The Bertz CT molecular complexity index is 129. The summed E-state index contributed by atoms with van der Waals surface area (Å²) in [5.41, 5.74) is 1.13. The largest absolute Gasteiger partial charge is 0.0988 e. The standard InChI is InChI=1S/C10H16/c1-4-6-7-8-9-10(3)5-2/h5-7H,2-4,8-9H2,1H3. The lowest BCUT2D eigenvalue weighted by Gasteiger charge is -1.92. The first-order valence-corrected chi connectivity index (χ1v) is 3.76. The van der Waals surface area contributed by atoms with Crippen LogP contribution in [-0.4, -0.2) is 0 Å². The molecule has 0 heterocycles. The maximum atomic E-state index is 3.82. The molecule has 0 aromatic carbocycles. The van der Waals surface area contributed by atoms with Crippen LogP contribution in [0.25, 0.3) is 0 Å². The van der Waals surface area contributed by atoms with Crippen LogP contribution >= 0.6 is 0 Å². The van der Waals surface area contributed by atoms with E-state index in [-0.39, 0.29) is 0 Å². The molecule has 0 aliphatic rings. The third-order valence-corrected chi connectivity index (χ3v) is 1.32. The summed E-state index contributed by atoms with van der Waals surface area (Å²) in [5.74, 6) is 0. The summed E-state index contributed by atoms with van der Waals surface area (Å²) in [6, 6.07) is 0. The number of hydrogen-bond donors (Lipinski definition) is 0. The van der Waals surface area contributed by atoms with Crippen molar-refractivity contribution < 1.29 is 0 Å². The van der Waals surface area contributed by atoms with E-state index in [9.17, 15) is 0 Å². The summed E-state index contributed by atoms with van der Waals surface area (Å²) >= 11 is 0. The Morgan fingerprint density at radius 1 is 1.40 bits per heavy atom. The summed E-state index contributed by atoms with van der Waals surface area (Å²) in [4.78, 5) is 0. The van der Waals surface area contributed by atoms with Gasteiger partial charge in [0.2, 0.25) is 0 Å². The van der Waals surface area contributed by atoms with E-state index in [2.05, 4.69) is 32.2 Å². The Hall–Kier alpha value is -0.780. The lowest BCUT2D eigenvalue weighted by molar-refractivity contribution is 1.00. The summed E-state index contributed by atoms with van der Waals surface area (Å²) in [5, 5.41) is 0. The molecule has 0 atom stereocenters. The molecule has 56 valence electrons. The summed E-state index contributed by atoms with van der Waals surface area (Å²) in [6.45, 7) is 9.59. The van der Waals surface area contributed by atoms with Gasteiger partial charge in [-0.25, -0.2) is 0 Å². The van der Waals surface area contributed by atoms with Gasteiger partial charge in [0.1, 0.15) is 0 Å². The van der Waals surface area contributed by atoms with Gasteiger partial charge in [0.25, 0.3) is 0 Å². The van der Waals surface area contributed by atoms with E-state index in [0.717, 1.165) is 24.8 Å². The molecule has 10 heavy (non-hydrogen) atoms. The Kier molecular flexibility index (Phi) is 5.85. The monoisotopic (exact) mass is 136 g/mol. The molecule has 0 nitrogen and oxygen atoms in total. The maximum absolute atomic E-state index is 3.82. The van der Waals surface area contributed by atoms with Crippen LogP contribution in [0.15, 0.2) is 37.0 Å². The Morgan fingerprint density at radius 3 is 2.60 bits per heavy atom. The molecular weight excluding hydrogens is 120 g/mol. The minimum atomic E-state index is 1.04. The van der Waals surface area contributed by atoms with Gasteiger partial charge < -0.3 is 0 Å². The van der Waals surface area contributed by atoms with Crippen LogP contribution in [-0.2, 0) is 0 Å². The van der Waals surface area contributed by atoms with Crippen molar-refractivity contribution in [3.8, 4) is 0 Å². The highest BCUT2D eigenvalue weighted by Gasteiger charge is 1.83. The molecule has 0 aromatic rings. The van der Waals surface area contributed by atoms with Gasteiger partial charge in [0, 0.05) is 0 Å². The highest BCUT2D eigenvalue weighted by Crippen LogP contribution is 2.03. The molecule has 0 heteroatoms. The lowest BCUT2D eigenvalue weighted by Crippen LogP contribution is -1.72. The molecule has 0 saturated carbocycles. The number of allylic oxidation sites excluding steroid dienone is 4. The van der Waals surface area contributed by atoms with Gasteiger partial charge in [-0.3, -0.25) is 0 Å². The van der Waals surface area contributed by atoms with Gasteiger partial charge >= 0.3 is 0 Å². The van der Waals surface area contributed by atoms with E-state index in [1.807, 2.05) is 6.08 Å². The second-order valence-electron chi connectivity index (χ2n) is 2.28. The van der Waals surface area contributed by atoms with Crippen molar-refractivity contribution in [3.05, 3.63) is 37.0 Å². The first-order chi connectivity index (χ1) is 4.81. The second-order valence-corrected chi connectivity index (χ2v) is 2.28. The zero-order valence-electron chi connectivity index (χ0n) is 6.77. The predicted octanol–water partition coefficient (Wildman–Crippen LogP) is 3.48. The molecule has 0 rings (SSSR count). The average molecular weight is 136 g/mol. The zero-order valence-corrected chi connectivity index (χ0v) is 6.77. The van der Waals surface area contributed by atoms with Crippen molar-refractivity contribution in [2.75, 3.05) is 0 Å². The highest BCUT2D eigenvalue weighted by atomic mass is 13.9. The predicted molar refractivity (Wildman–Crippen MR) is 48.0 cm³/mol. The van der Waals surface area contributed by atoms with Gasteiger partial charge in [-0.05, 0) is 19.3 Å². The van der Waals surface area contributed by atoms with Crippen LogP contribution in [0, 0.1) is 0 Å². The minimum absolute atomic E-state index is 1.04. The van der Waals surface area contributed by atoms with Crippen molar-refractivity contribution in [1.29, 1.82) is 0 Å². The van der Waals surface area contributed by atoms with E-state index in [1.165, 1.54) is 0 Å². The summed E-state index contributed by atoms with van der Waals surface area (Å²) in [6.07, 6.45) is 9.45. The first-order valence-electron chi connectivity index (χ1n) is 3.76. The maximum Gasteiger partial charge on any atom is -0.0250 e. The molecule has 0 aromatic heterocycles. The summed E-state index contributed by atoms with van der Waals surface area (Å²) in [7, 11) is 0. The number of hydrogen-bond acceptors (Lipinski definition) is 0. The minimum Gasteiger partial charge on any atom is -0.0988 e. The van der Waals surface area contributed by atoms with Crippen LogP contribution in [0.4, 0.5) is 0 Å². The lowest BCUT2D eigenvalue weighted by atomic mass is 10.1. The molecule has 0 spiro atoms. The smallest absolute Gasteiger partial charge is 0.0250 e.